The van der Waals surface area contributed by atoms with Crippen molar-refractivity contribution in [1.82, 2.24) is 0 Å². The maximum absolute atomic E-state index is 5.47. The van der Waals surface area contributed by atoms with Crippen LogP contribution < -0.4 is 4.74 Å². The van der Waals surface area contributed by atoms with E-state index in [0.29, 0.717) is 0 Å². The second-order valence-corrected chi connectivity index (χ2v) is 7.00. The van der Waals surface area contributed by atoms with Gasteiger partial charge in [0.15, 0.2) is 0 Å². The minimum Gasteiger partial charge on any atom is -0.496 e. The van der Waals surface area contributed by atoms with Crippen LogP contribution in [0.25, 0.3) is 0 Å². The first-order chi connectivity index (χ1) is 9.51. The van der Waals surface area contributed by atoms with Crippen molar-refractivity contribution in [3.05, 3.63) is 63.1 Å². The van der Waals surface area contributed by atoms with Crippen LogP contribution in [0.3, 0.4) is 0 Å². The van der Waals surface area contributed by atoms with E-state index in [4.69, 9.17) is 4.74 Å². The van der Waals surface area contributed by atoms with Crippen LogP contribution in [0.2, 0.25) is 0 Å². The van der Waals surface area contributed by atoms with Gasteiger partial charge in [-0.05, 0) is 49.1 Å². The van der Waals surface area contributed by atoms with E-state index in [1.807, 2.05) is 12.1 Å². The molecule has 0 bridgehead atoms. The zero-order valence-corrected chi connectivity index (χ0v) is 15.1. The highest BCUT2D eigenvalue weighted by Gasteiger charge is 2.14. The second kappa shape index (κ2) is 6.77. The summed E-state index contributed by atoms with van der Waals surface area (Å²) in [6, 6.07) is 12.8. The van der Waals surface area contributed by atoms with E-state index in [1.54, 1.807) is 7.11 Å². The molecule has 0 amide bonds. The first kappa shape index (κ1) is 15.6. The Labute approximate surface area is 137 Å². The van der Waals surface area contributed by atoms with Gasteiger partial charge in [-0.2, -0.15) is 0 Å². The van der Waals surface area contributed by atoms with Crippen LogP contribution in [0.5, 0.6) is 5.75 Å². The van der Waals surface area contributed by atoms with E-state index >= 15 is 0 Å². The summed E-state index contributed by atoms with van der Waals surface area (Å²) >= 11 is 7.26. The first-order valence-corrected chi connectivity index (χ1v) is 8.25. The zero-order valence-electron chi connectivity index (χ0n) is 11.9. The summed E-state index contributed by atoms with van der Waals surface area (Å²) in [7, 11) is 1.71. The predicted octanol–water partition coefficient (Wildman–Crippen LogP) is 5.75. The predicted molar refractivity (Wildman–Crippen MR) is 92.0 cm³/mol. The Hall–Kier alpha value is -0.800. The van der Waals surface area contributed by atoms with E-state index in [9.17, 15) is 0 Å². The zero-order chi connectivity index (χ0) is 14.7. The van der Waals surface area contributed by atoms with Crippen molar-refractivity contribution >= 4 is 31.9 Å². The lowest BCUT2D eigenvalue weighted by atomic mass is 10.00. The van der Waals surface area contributed by atoms with E-state index in [0.717, 1.165) is 16.6 Å². The molecule has 106 valence electrons. The fourth-order valence-corrected chi connectivity index (χ4v) is 3.28. The molecule has 0 heterocycles. The number of hydrogen-bond acceptors (Lipinski definition) is 1. The Morgan fingerprint density at radius 1 is 1.05 bits per heavy atom. The Balaban J connectivity index is 2.23. The number of alkyl halides is 1. The van der Waals surface area contributed by atoms with Gasteiger partial charge in [0.1, 0.15) is 5.75 Å². The van der Waals surface area contributed by atoms with Crippen LogP contribution in [0.4, 0.5) is 0 Å². The van der Waals surface area contributed by atoms with Crippen LogP contribution in [-0.2, 0) is 6.42 Å². The minimum absolute atomic E-state index is 0.243. The highest BCUT2D eigenvalue weighted by Crippen LogP contribution is 2.35. The molecule has 20 heavy (non-hydrogen) atoms. The van der Waals surface area contributed by atoms with E-state index in [-0.39, 0.29) is 4.83 Å². The molecule has 0 aliphatic carbocycles. The van der Waals surface area contributed by atoms with Gasteiger partial charge in [-0.25, -0.2) is 0 Å². The Bertz CT molecular complexity index is 608. The molecule has 2 aromatic rings. The molecule has 0 aromatic heterocycles. The summed E-state index contributed by atoms with van der Waals surface area (Å²) in [4.78, 5) is 0.243. The number of hydrogen-bond donors (Lipinski definition) is 0. The van der Waals surface area contributed by atoms with Gasteiger partial charge in [-0.1, -0.05) is 56.1 Å². The molecule has 1 nitrogen and oxygen atoms in total. The third-order valence-corrected chi connectivity index (χ3v) is 4.83. The summed E-state index contributed by atoms with van der Waals surface area (Å²) in [5, 5.41) is 0. The van der Waals surface area contributed by atoms with Gasteiger partial charge in [-0.3, -0.25) is 0 Å². The summed E-state index contributed by atoms with van der Waals surface area (Å²) in [5.41, 5.74) is 5.18. The van der Waals surface area contributed by atoms with E-state index < -0.39 is 0 Å². The smallest absolute Gasteiger partial charge is 0.124 e. The molecule has 0 N–H and O–H groups in total. The lowest BCUT2D eigenvalue weighted by molar-refractivity contribution is 0.409. The van der Waals surface area contributed by atoms with Crippen LogP contribution in [-0.4, -0.2) is 7.11 Å². The lowest BCUT2D eigenvalue weighted by Crippen LogP contribution is -1.99. The Morgan fingerprint density at radius 2 is 1.80 bits per heavy atom. The molecule has 0 saturated carbocycles. The van der Waals surface area contributed by atoms with Crippen LogP contribution in [0, 0.1) is 13.8 Å². The SMILES string of the molecule is COc1cc(Br)ccc1C(Br)Cc1ccc(C)c(C)c1. The summed E-state index contributed by atoms with van der Waals surface area (Å²) in [5.74, 6) is 0.907. The standard InChI is InChI=1S/C17H18Br2O/c1-11-4-5-13(8-12(11)2)9-16(19)15-7-6-14(18)10-17(15)20-3/h4-8,10,16H,9H2,1-3H3. The average Bonchev–Trinajstić information content (AvgIpc) is 2.42. The molecule has 0 aliphatic heterocycles. The molecule has 1 unspecified atom stereocenters. The molecule has 2 aromatic carbocycles. The average molecular weight is 398 g/mol. The van der Waals surface area contributed by atoms with Crippen LogP contribution in [0.1, 0.15) is 27.1 Å². The van der Waals surface area contributed by atoms with Crippen LogP contribution >= 0.6 is 31.9 Å². The normalized spacial score (nSPS) is 12.2. The molecular formula is C17H18Br2O. The van der Waals surface area contributed by atoms with E-state index in [2.05, 4.69) is 70.0 Å². The third-order valence-electron chi connectivity index (χ3n) is 3.52. The van der Waals surface area contributed by atoms with Gasteiger partial charge < -0.3 is 4.74 Å². The van der Waals surface area contributed by atoms with Gasteiger partial charge in [0.05, 0.1) is 7.11 Å². The van der Waals surface area contributed by atoms with Crippen LogP contribution in [0.15, 0.2) is 40.9 Å². The molecule has 0 spiro atoms. The molecule has 1 atom stereocenters. The van der Waals surface area contributed by atoms with Crippen molar-refractivity contribution in [2.45, 2.75) is 25.1 Å². The Morgan fingerprint density at radius 3 is 2.45 bits per heavy atom. The first-order valence-electron chi connectivity index (χ1n) is 6.55. The Kier molecular flexibility index (Phi) is 5.28. The largest absolute Gasteiger partial charge is 0.496 e. The third kappa shape index (κ3) is 3.64. The molecule has 0 aliphatic rings. The van der Waals surface area contributed by atoms with Crippen molar-refractivity contribution in [3.63, 3.8) is 0 Å². The van der Waals surface area contributed by atoms with Crippen molar-refractivity contribution in [2.24, 2.45) is 0 Å². The minimum atomic E-state index is 0.243. The van der Waals surface area contributed by atoms with Gasteiger partial charge in [0, 0.05) is 14.9 Å². The van der Waals surface area contributed by atoms with E-state index in [1.165, 1.54) is 22.3 Å². The number of aryl methyl sites for hydroxylation is 2. The molecule has 3 heteroatoms. The second-order valence-electron chi connectivity index (χ2n) is 4.98. The topological polar surface area (TPSA) is 9.23 Å². The number of rotatable bonds is 4. The molecular weight excluding hydrogens is 380 g/mol. The van der Waals surface area contributed by atoms with Crippen molar-refractivity contribution in [3.8, 4) is 5.75 Å². The quantitative estimate of drug-likeness (QED) is 0.596. The fraction of sp³-hybridized carbons (Fsp3) is 0.294. The molecule has 0 radical (unpaired) electrons. The van der Waals surface area contributed by atoms with Crippen molar-refractivity contribution in [1.29, 1.82) is 0 Å². The number of halogens is 2. The van der Waals surface area contributed by atoms with Gasteiger partial charge in [0.25, 0.3) is 0 Å². The number of benzene rings is 2. The molecule has 0 saturated heterocycles. The summed E-state index contributed by atoms with van der Waals surface area (Å²) < 4.78 is 6.50. The monoisotopic (exact) mass is 396 g/mol. The van der Waals surface area contributed by atoms with Gasteiger partial charge in [0.2, 0.25) is 0 Å². The molecule has 2 rings (SSSR count). The fourth-order valence-electron chi connectivity index (χ4n) is 2.19. The van der Waals surface area contributed by atoms with Crippen molar-refractivity contribution < 1.29 is 4.74 Å². The number of methoxy groups -OCH3 is 1. The van der Waals surface area contributed by atoms with Gasteiger partial charge >= 0.3 is 0 Å². The summed E-state index contributed by atoms with van der Waals surface area (Å²) in [6.45, 7) is 4.30. The van der Waals surface area contributed by atoms with Crippen molar-refractivity contribution in [2.75, 3.05) is 7.11 Å². The number of ether oxygens (including phenoxy) is 1. The molecule has 0 fully saturated rings. The summed E-state index contributed by atoms with van der Waals surface area (Å²) in [6.07, 6.45) is 0.944. The maximum Gasteiger partial charge on any atom is 0.124 e. The van der Waals surface area contributed by atoms with Gasteiger partial charge in [-0.15, -0.1) is 0 Å². The maximum atomic E-state index is 5.47. The highest BCUT2D eigenvalue weighted by molar-refractivity contribution is 9.10. The lowest BCUT2D eigenvalue weighted by Gasteiger charge is -2.15. The highest BCUT2D eigenvalue weighted by atomic mass is 79.9.